The highest BCUT2D eigenvalue weighted by atomic mass is 35.5. The Balaban J connectivity index is 2.09. The molecule has 1 saturated heterocycles. The molecule has 0 saturated carbocycles. The number of aliphatic hydroxyl groups excluding tert-OH is 1. The van der Waals surface area contributed by atoms with E-state index in [9.17, 15) is 14.7 Å². The number of aromatic nitrogens is 1. The molecule has 1 aliphatic rings. The second kappa shape index (κ2) is 8.35. The summed E-state index contributed by atoms with van der Waals surface area (Å²) in [7, 11) is 0. The van der Waals surface area contributed by atoms with E-state index in [0.29, 0.717) is 17.1 Å². The van der Waals surface area contributed by atoms with Gasteiger partial charge in [0.25, 0.3) is 11.7 Å². The van der Waals surface area contributed by atoms with Gasteiger partial charge in [-0.25, -0.2) is 0 Å². The molecule has 1 amide bonds. The summed E-state index contributed by atoms with van der Waals surface area (Å²) < 4.78 is 0. The zero-order valence-electron chi connectivity index (χ0n) is 15.1. The molecule has 5 nitrogen and oxygen atoms in total. The SMILES string of the molecule is CCCCCN1C(=O)C(=O)/C(=C(\O)c2ccc(Cl)cc2)C1c1ccncc1. The second-order valence-electron chi connectivity index (χ2n) is 6.49. The van der Waals surface area contributed by atoms with E-state index in [0.717, 1.165) is 24.8 Å². The van der Waals surface area contributed by atoms with Crippen molar-refractivity contribution in [2.24, 2.45) is 0 Å². The maximum Gasteiger partial charge on any atom is 0.295 e. The molecule has 2 aromatic rings. The number of nitrogens with zero attached hydrogens (tertiary/aromatic N) is 2. The largest absolute Gasteiger partial charge is 0.507 e. The van der Waals surface area contributed by atoms with Crippen molar-refractivity contribution in [2.75, 3.05) is 6.54 Å². The third-order valence-electron chi connectivity index (χ3n) is 4.68. The van der Waals surface area contributed by atoms with Gasteiger partial charge >= 0.3 is 0 Å². The molecule has 1 N–H and O–H groups in total. The van der Waals surface area contributed by atoms with E-state index in [2.05, 4.69) is 11.9 Å². The Kier molecular flexibility index (Phi) is 5.91. The number of ketones is 1. The quantitative estimate of drug-likeness (QED) is 0.348. The van der Waals surface area contributed by atoms with Crippen LogP contribution in [-0.4, -0.2) is 33.2 Å². The van der Waals surface area contributed by atoms with Crippen LogP contribution < -0.4 is 0 Å². The lowest BCUT2D eigenvalue weighted by Crippen LogP contribution is -2.30. The van der Waals surface area contributed by atoms with E-state index < -0.39 is 17.7 Å². The lowest BCUT2D eigenvalue weighted by Gasteiger charge is -2.25. The van der Waals surface area contributed by atoms with Gasteiger partial charge in [0.15, 0.2) is 0 Å². The zero-order chi connectivity index (χ0) is 19.4. The number of Topliss-reactive ketones (excluding diaryl/α,β-unsaturated/α-hetero) is 1. The average Bonchev–Trinajstić information content (AvgIpc) is 2.94. The predicted molar refractivity (Wildman–Crippen MR) is 104 cm³/mol. The zero-order valence-corrected chi connectivity index (χ0v) is 15.8. The molecule has 1 atom stereocenters. The molecule has 6 heteroatoms. The fourth-order valence-corrected chi connectivity index (χ4v) is 3.42. The van der Waals surface area contributed by atoms with Gasteiger partial charge in [-0.2, -0.15) is 0 Å². The van der Waals surface area contributed by atoms with Crippen molar-refractivity contribution in [1.29, 1.82) is 0 Å². The highest BCUT2D eigenvalue weighted by Crippen LogP contribution is 2.39. The van der Waals surface area contributed by atoms with E-state index in [-0.39, 0.29) is 11.3 Å². The number of rotatable bonds is 6. The number of carbonyl (C=O) groups excluding carboxylic acids is 2. The van der Waals surface area contributed by atoms with Gasteiger partial charge < -0.3 is 10.0 Å². The summed E-state index contributed by atoms with van der Waals surface area (Å²) >= 11 is 5.91. The van der Waals surface area contributed by atoms with Gasteiger partial charge in [0.2, 0.25) is 0 Å². The van der Waals surface area contributed by atoms with Crippen LogP contribution in [0.3, 0.4) is 0 Å². The summed E-state index contributed by atoms with van der Waals surface area (Å²) in [5, 5.41) is 11.4. The molecule has 1 aromatic carbocycles. The van der Waals surface area contributed by atoms with Crippen LogP contribution in [-0.2, 0) is 9.59 Å². The number of hydrogen-bond acceptors (Lipinski definition) is 4. The van der Waals surface area contributed by atoms with Crippen molar-refractivity contribution < 1.29 is 14.7 Å². The molecule has 1 unspecified atom stereocenters. The van der Waals surface area contributed by atoms with Crippen molar-refractivity contribution in [2.45, 2.75) is 32.2 Å². The molecule has 0 radical (unpaired) electrons. The Morgan fingerprint density at radius 1 is 1.11 bits per heavy atom. The molecule has 140 valence electrons. The van der Waals surface area contributed by atoms with Crippen molar-refractivity contribution in [3.8, 4) is 0 Å². The molecule has 1 fully saturated rings. The van der Waals surface area contributed by atoms with E-state index in [1.54, 1.807) is 53.7 Å². The molecule has 1 aliphatic heterocycles. The second-order valence-corrected chi connectivity index (χ2v) is 6.92. The van der Waals surface area contributed by atoms with Crippen LogP contribution >= 0.6 is 11.6 Å². The number of likely N-dealkylation sites (tertiary alicyclic amines) is 1. The topological polar surface area (TPSA) is 70.5 Å². The Morgan fingerprint density at radius 2 is 1.78 bits per heavy atom. The van der Waals surface area contributed by atoms with Gasteiger partial charge in [-0.1, -0.05) is 31.4 Å². The van der Waals surface area contributed by atoms with Gasteiger partial charge in [0.05, 0.1) is 11.6 Å². The Labute approximate surface area is 163 Å². The first-order chi connectivity index (χ1) is 13.0. The Morgan fingerprint density at radius 3 is 2.41 bits per heavy atom. The van der Waals surface area contributed by atoms with E-state index >= 15 is 0 Å². The van der Waals surface area contributed by atoms with E-state index in [1.165, 1.54) is 0 Å². The van der Waals surface area contributed by atoms with E-state index in [4.69, 9.17) is 11.6 Å². The Bertz CT molecular complexity index is 863. The minimum Gasteiger partial charge on any atom is -0.507 e. The van der Waals surface area contributed by atoms with E-state index in [1.807, 2.05) is 0 Å². The first-order valence-electron chi connectivity index (χ1n) is 8.99. The van der Waals surface area contributed by atoms with Crippen LogP contribution in [0.25, 0.3) is 5.76 Å². The van der Waals surface area contributed by atoms with Crippen LogP contribution in [0.2, 0.25) is 5.02 Å². The molecule has 3 rings (SSSR count). The number of unbranched alkanes of at least 4 members (excludes halogenated alkanes) is 2. The third-order valence-corrected chi connectivity index (χ3v) is 4.93. The Hall–Kier alpha value is -2.66. The number of carbonyl (C=O) groups is 2. The highest BCUT2D eigenvalue weighted by molar-refractivity contribution is 6.46. The molecular formula is C21H21ClN2O3. The van der Waals surface area contributed by atoms with Crippen LogP contribution in [0.1, 0.15) is 43.4 Å². The normalized spacial score (nSPS) is 18.9. The van der Waals surface area contributed by atoms with Crippen LogP contribution in [0.15, 0.2) is 54.4 Å². The molecule has 1 aromatic heterocycles. The summed E-state index contributed by atoms with van der Waals surface area (Å²) in [5.41, 5.74) is 1.30. The van der Waals surface area contributed by atoms with Crippen LogP contribution in [0, 0.1) is 0 Å². The third kappa shape index (κ3) is 3.88. The lowest BCUT2D eigenvalue weighted by atomic mass is 9.96. The molecule has 27 heavy (non-hydrogen) atoms. The summed E-state index contributed by atoms with van der Waals surface area (Å²) in [6, 6.07) is 9.43. The van der Waals surface area contributed by atoms with Gasteiger partial charge in [-0.15, -0.1) is 0 Å². The number of hydrogen-bond donors (Lipinski definition) is 1. The minimum absolute atomic E-state index is 0.102. The fourth-order valence-electron chi connectivity index (χ4n) is 3.30. The summed E-state index contributed by atoms with van der Waals surface area (Å²) in [4.78, 5) is 31.0. The summed E-state index contributed by atoms with van der Waals surface area (Å²) in [6.45, 7) is 2.54. The number of amides is 1. The predicted octanol–water partition coefficient (Wildman–Crippen LogP) is 4.35. The minimum atomic E-state index is -0.666. The molecule has 0 bridgehead atoms. The van der Waals surface area contributed by atoms with Crippen molar-refractivity contribution in [1.82, 2.24) is 9.88 Å². The standard InChI is InChI=1S/C21H21ClN2O3/c1-2-3-4-13-24-18(14-9-11-23-12-10-14)17(20(26)21(24)27)19(25)15-5-7-16(22)8-6-15/h5-12,18,25H,2-4,13H2,1H3/b19-17-. The monoisotopic (exact) mass is 384 g/mol. The number of benzene rings is 1. The smallest absolute Gasteiger partial charge is 0.295 e. The van der Waals surface area contributed by atoms with Gasteiger partial charge in [0, 0.05) is 29.5 Å². The van der Waals surface area contributed by atoms with Crippen LogP contribution in [0.5, 0.6) is 0 Å². The summed E-state index contributed by atoms with van der Waals surface area (Å²) in [5.74, 6) is -1.44. The number of aliphatic hydroxyl groups is 1. The number of pyridine rings is 1. The first-order valence-corrected chi connectivity index (χ1v) is 9.36. The maximum absolute atomic E-state index is 12.8. The van der Waals surface area contributed by atoms with Crippen LogP contribution in [0.4, 0.5) is 0 Å². The molecule has 2 heterocycles. The average molecular weight is 385 g/mol. The van der Waals surface area contributed by atoms with Crippen molar-refractivity contribution in [3.05, 3.63) is 70.5 Å². The maximum atomic E-state index is 12.8. The van der Waals surface area contributed by atoms with Crippen molar-refractivity contribution >= 4 is 29.1 Å². The molecular weight excluding hydrogens is 364 g/mol. The van der Waals surface area contributed by atoms with Gasteiger partial charge in [-0.05, 0) is 48.4 Å². The van der Waals surface area contributed by atoms with Crippen molar-refractivity contribution in [3.63, 3.8) is 0 Å². The molecule has 0 spiro atoms. The summed E-state index contributed by atoms with van der Waals surface area (Å²) in [6.07, 6.45) is 6.00. The van der Waals surface area contributed by atoms with Gasteiger partial charge in [0.1, 0.15) is 5.76 Å². The lowest BCUT2D eigenvalue weighted by molar-refractivity contribution is -0.139. The highest BCUT2D eigenvalue weighted by Gasteiger charge is 2.45. The molecule has 0 aliphatic carbocycles. The number of halogens is 1. The van der Waals surface area contributed by atoms with Gasteiger partial charge in [-0.3, -0.25) is 14.6 Å². The fraction of sp³-hybridized carbons (Fsp3) is 0.286. The first kappa shape index (κ1) is 19.1.